The van der Waals surface area contributed by atoms with E-state index in [2.05, 4.69) is 10.2 Å². The number of hydrogen-bond acceptors (Lipinski definition) is 3. The van der Waals surface area contributed by atoms with Crippen molar-refractivity contribution in [3.63, 3.8) is 0 Å². The molecule has 0 bridgehead atoms. The summed E-state index contributed by atoms with van der Waals surface area (Å²) in [6.07, 6.45) is 1.04. The van der Waals surface area contributed by atoms with Crippen LogP contribution in [0.1, 0.15) is 29.2 Å². The Morgan fingerprint density at radius 1 is 1.21 bits per heavy atom. The number of halogens is 2. The molecular formula is C22H26ClFN2O2. The van der Waals surface area contributed by atoms with Gasteiger partial charge in [0.1, 0.15) is 5.82 Å². The number of morpholine rings is 1. The zero-order chi connectivity index (χ0) is 19.9. The topological polar surface area (TPSA) is 41.6 Å². The maximum Gasteiger partial charge on any atom is 0.220 e. The number of ether oxygens (including phenoxy) is 1. The third kappa shape index (κ3) is 5.77. The normalized spacial score (nSPS) is 16.0. The van der Waals surface area contributed by atoms with Crippen molar-refractivity contribution in [1.29, 1.82) is 0 Å². The largest absolute Gasteiger partial charge is 0.379 e. The zero-order valence-electron chi connectivity index (χ0n) is 16.1. The van der Waals surface area contributed by atoms with Crippen LogP contribution in [0.2, 0.25) is 5.02 Å². The predicted octanol–water partition coefficient (Wildman–Crippen LogP) is 3.91. The van der Waals surface area contributed by atoms with Gasteiger partial charge >= 0.3 is 0 Å². The van der Waals surface area contributed by atoms with Crippen LogP contribution in [0.4, 0.5) is 4.39 Å². The summed E-state index contributed by atoms with van der Waals surface area (Å²) in [5.74, 6) is -0.262. The van der Waals surface area contributed by atoms with Crippen molar-refractivity contribution in [1.82, 2.24) is 10.2 Å². The van der Waals surface area contributed by atoms with Gasteiger partial charge in [-0.2, -0.15) is 0 Å². The van der Waals surface area contributed by atoms with E-state index in [4.69, 9.17) is 16.3 Å². The Kier molecular flexibility index (Phi) is 7.43. The Morgan fingerprint density at radius 2 is 1.93 bits per heavy atom. The highest BCUT2D eigenvalue weighted by atomic mass is 35.5. The highest BCUT2D eigenvalue weighted by Gasteiger charge is 2.23. The molecule has 1 atom stereocenters. The highest BCUT2D eigenvalue weighted by molar-refractivity contribution is 6.31. The molecule has 0 unspecified atom stereocenters. The first-order valence-electron chi connectivity index (χ1n) is 9.62. The van der Waals surface area contributed by atoms with Gasteiger partial charge in [-0.25, -0.2) is 4.39 Å². The minimum Gasteiger partial charge on any atom is -0.379 e. The lowest BCUT2D eigenvalue weighted by atomic mass is 10.0. The molecule has 1 amide bonds. The molecule has 1 saturated heterocycles. The van der Waals surface area contributed by atoms with Gasteiger partial charge in [0, 0.05) is 31.1 Å². The standard InChI is InChI=1S/C22H26ClFN2O2/c1-16-2-3-17(14-20(16)23)4-9-22(27)25-15-21(26-10-12-28-13-11-26)18-5-7-19(24)8-6-18/h2-3,5-8,14,21H,4,9-13,15H2,1H3,(H,25,27)/t21-/m0/s1. The number of nitrogens with one attached hydrogen (secondary N) is 1. The van der Waals surface area contributed by atoms with Gasteiger partial charge in [-0.05, 0) is 48.2 Å². The van der Waals surface area contributed by atoms with Crippen LogP contribution in [0.15, 0.2) is 42.5 Å². The van der Waals surface area contributed by atoms with E-state index < -0.39 is 0 Å². The molecule has 1 aliphatic heterocycles. The van der Waals surface area contributed by atoms with Crippen molar-refractivity contribution in [2.75, 3.05) is 32.8 Å². The number of hydrogen-bond donors (Lipinski definition) is 1. The van der Waals surface area contributed by atoms with Crippen LogP contribution in [0.25, 0.3) is 0 Å². The van der Waals surface area contributed by atoms with Gasteiger partial charge in [0.15, 0.2) is 0 Å². The van der Waals surface area contributed by atoms with Crippen molar-refractivity contribution in [2.45, 2.75) is 25.8 Å². The average molecular weight is 405 g/mol. The number of rotatable bonds is 7. The number of amides is 1. The molecule has 1 N–H and O–H groups in total. The fourth-order valence-corrected chi connectivity index (χ4v) is 3.58. The summed E-state index contributed by atoms with van der Waals surface area (Å²) in [7, 11) is 0. The maximum atomic E-state index is 13.3. The minimum absolute atomic E-state index is 0.00210. The molecule has 2 aromatic carbocycles. The van der Waals surface area contributed by atoms with Crippen molar-refractivity contribution < 1.29 is 13.9 Å². The van der Waals surface area contributed by atoms with E-state index in [-0.39, 0.29) is 17.8 Å². The molecule has 0 spiro atoms. The molecule has 0 aliphatic carbocycles. The third-order valence-corrected chi connectivity index (χ3v) is 5.52. The summed E-state index contributed by atoms with van der Waals surface area (Å²) >= 11 is 6.15. The van der Waals surface area contributed by atoms with Crippen LogP contribution < -0.4 is 5.32 Å². The first kappa shape index (κ1) is 20.8. The first-order valence-corrected chi connectivity index (χ1v) is 10.00. The number of aryl methyl sites for hydroxylation is 2. The molecule has 1 heterocycles. The number of nitrogens with zero attached hydrogens (tertiary/aromatic N) is 1. The van der Waals surface area contributed by atoms with E-state index in [1.165, 1.54) is 12.1 Å². The number of carbonyl (C=O) groups is 1. The maximum absolute atomic E-state index is 13.3. The molecule has 0 saturated carbocycles. The lowest BCUT2D eigenvalue weighted by Crippen LogP contribution is -2.43. The Hall–Kier alpha value is -1.95. The second-order valence-electron chi connectivity index (χ2n) is 7.10. The molecule has 2 aromatic rings. The van der Waals surface area contributed by atoms with Crippen LogP contribution in [0, 0.1) is 12.7 Å². The van der Waals surface area contributed by atoms with Gasteiger partial charge in [-0.1, -0.05) is 35.9 Å². The van der Waals surface area contributed by atoms with E-state index in [1.807, 2.05) is 25.1 Å². The molecule has 4 nitrogen and oxygen atoms in total. The van der Waals surface area contributed by atoms with Gasteiger partial charge in [0.2, 0.25) is 5.91 Å². The third-order valence-electron chi connectivity index (χ3n) is 5.11. The van der Waals surface area contributed by atoms with Crippen molar-refractivity contribution >= 4 is 17.5 Å². The van der Waals surface area contributed by atoms with Crippen LogP contribution in [0.3, 0.4) is 0 Å². The number of carbonyl (C=O) groups excluding carboxylic acids is 1. The highest BCUT2D eigenvalue weighted by Crippen LogP contribution is 2.22. The van der Waals surface area contributed by atoms with E-state index in [0.717, 1.165) is 34.8 Å². The second kappa shape index (κ2) is 10.0. The first-order chi connectivity index (χ1) is 13.5. The Labute approximate surface area is 170 Å². The van der Waals surface area contributed by atoms with Crippen molar-refractivity contribution in [2.24, 2.45) is 0 Å². The quantitative estimate of drug-likeness (QED) is 0.760. The monoisotopic (exact) mass is 404 g/mol. The SMILES string of the molecule is Cc1ccc(CCC(=O)NC[C@@H](c2ccc(F)cc2)N2CCOCC2)cc1Cl. The van der Waals surface area contributed by atoms with E-state index in [9.17, 15) is 9.18 Å². The summed E-state index contributed by atoms with van der Waals surface area (Å²) < 4.78 is 18.7. The molecule has 3 rings (SSSR count). The molecule has 1 aliphatic rings. The predicted molar refractivity (Wildman–Crippen MR) is 109 cm³/mol. The Balaban J connectivity index is 1.58. The van der Waals surface area contributed by atoms with Gasteiger partial charge in [-0.15, -0.1) is 0 Å². The van der Waals surface area contributed by atoms with Crippen molar-refractivity contribution in [3.8, 4) is 0 Å². The fraction of sp³-hybridized carbons (Fsp3) is 0.409. The second-order valence-corrected chi connectivity index (χ2v) is 7.51. The smallest absolute Gasteiger partial charge is 0.220 e. The van der Waals surface area contributed by atoms with E-state index in [0.29, 0.717) is 32.6 Å². The molecule has 28 heavy (non-hydrogen) atoms. The molecule has 0 aromatic heterocycles. The molecular weight excluding hydrogens is 379 g/mol. The Bertz CT molecular complexity index is 792. The van der Waals surface area contributed by atoms with E-state index in [1.54, 1.807) is 12.1 Å². The molecule has 0 radical (unpaired) electrons. The molecule has 6 heteroatoms. The van der Waals surface area contributed by atoms with Gasteiger partial charge in [0.25, 0.3) is 0 Å². The summed E-state index contributed by atoms with van der Waals surface area (Å²) in [5, 5.41) is 3.76. The number of benzene rings is 2. The summed E-state index contributed by atoms with van der Waals surface area (Å²) in [5.41, 5.74) is 3.07. The van der Waals surface area contributed by atoms with Crippen LogP contribution in [-0.4, -0.2) is 43.7 Å². The minimum atomic E-state index is -0.259. The van der Waals surface area contributed by atoms with Crippen molar-refractivity contribution in [3.05, 3.63) is 70.0 Å². The fourth-order valence-electron chi connectivity index (χ4n) is 3.38. The average Bonchev–Trinajstić information content (AvgIpc) is 2.71. The molecule has 150 valence electrons. The van der Waals surface area contributed by atoms with Crippen LogP contribution in [-0.2, 0) is 16.0 Å². The van der Waals surface area contributed by atoms with Crippen LogP contribution in [0.5, 0.6) is 0 Å². The van der Waals surface area contributed by atoms with E-state index >= 15 is 0 Å². The summed E-state index contributed by atoms with van der Waals surface area (Å²) in [6.45, 7) is 5.36. The van der Waals surface area contributed by atoms with Crippen LogP contribution >= 0.6 is 11.6 Å². The lowest BCUT2D eigenvalue weighted by Gasteiger charge is -2.35. The van der Waals surface area contributed by atoms with Gasteiger partial charge in [0.05, 0.1) is 19.3 Å². The summed E-state index contributed by atoms with van der Waals surface area (Å²) in [4.78, 5) is 14.7. The van der Waals surface area contributed by atoms with Gasteiger partial charge < -0.3 is 10.1 Å². The van der Waals surface area contributed by atoms with Gasteiger partial charge in [-0.3, -0.25) is 9.69 Å². The summed E-state index contributed by atoms with van der Waals surface area (Å²) in [6, 6.07) is 12.4. The Morgan fingerprint density at radius 3 is 2.61 bits per heavy atom. The zero-order valence-corrected chi connectivity index (χ0v) is 16.8. The molecule has 1 fully saturated rings. The lowest BCUT2D eigenvalue weighted by molar-refractivity contribution is -0.121.